The van der Waals surface area contributed by atoms with Crippen LogP contribution >= 0.6 is 0 Å². The molecule has 0 aliphatic carbocycles. The van der Waals surface area contributed by atoms with Gasteiger partial charge in [0.2, 0.25) is 11.8 Å². The summed E-state index contributed by atoms with van der Waals surface area (Å²) in [7, 11) is 0. The van der Waals surface area contributed by atoms with E-state index >= 15 is 0 Å². The number of rotatable bonds is 20. The van der Waals surface area contributed by atoms with Crippen molar-refractivity contribution < 1.29 is 42.9 Å². The number of benzene rings is 3. The van der Waals surface area contributed by atoms with Gasteiger partial charge in [0.05, 0.1) is 37.5 Å². The standard InChI is InChI=1S/C42H49FN4O8/c1-27(2)37(40(51)52)46-36(49)24-55-42(25-53-26-42)20-19-29-5-9-31(10-6-29)38-34(17-18-35(48)30-11-13-32(43)14-12-30)39(50)47(38)33-15-7-28(8-16-33)4-3-21-44-41-45-22-23-54-41/h5-16,22-23,27,34-35,37-38,48H,3-4,17-21,24-26H2,1-2H3,(H,44,45)(H,46,49)(H,51,52)/t34-,35+,37-,38-/m1/s1. The van der Waals surface area contributed by atoms with Gasteiger partial charge >= 0.3 is 5.97 Å². The minimum atomic E-state index is -1.09. The number of carbonyl (C=O) groups is 3. The maximum Gasteiger partial charge on any atom is 0.326 e. The normalized spacial score (nSPS) is 18.6. The van der Waals surface area contributed by atoms with E-state index < -0.39 is 29.6 Å². The number of aryl methyl sites for hydroxylation is 2. The van der Waals surface area contributed by atoms with Gasteiger partial charge in [-0.15, -0.1) is 0 Å². The number of β-lactam (4-membered cyclic amide) rings is 1. The molecular weight excluding hydrogens is 707 g/mol. The zero-order valence-corrected chi connectivity index (χ0v) is 31.2. The maximum atomic E-state index is 13.8. The summed E-state index contributed by atoms with van der Waals surface area (Å²) in [6.07, 6.45) is 6.07. The number of aliphatic carboxylic acids is 1. The Kier molecular flexibility index (Phi) is 13.0. The zero-order valence-electron chi connectivity index (χ0n) is 31.2. The van der Waals surface area contributed by atoms with Crippen LogP contribution in [0.25, 0.3) is 0 Å². The first-order valence-electron chi connectivity index (χ1n) is 18.8. The lowest BCUT2D eigenvalue weighted by Crippen LogP contribution is -2.55. The van der Waals surface area contributed by atoms with E-state index in [1.165, 1.54) is 18.4 Å². The molecule has 4 atom stereocenters. The number of aromatic nitrogens is 1. The van der Waals surface area contributed by atoms with Crippen molar-refractivity contribution in [1.29, 1.82) is 0 Å². The number of hydrogen-bond acceptors (Lipinski definition) is 9. The van der Waals surface area contributed by atoms with Crippen molar-refractivity contribution >= 4 is 29.5 Å². The van der Waals surface area contributed by atoms with Gasteiger partial charge in [-0.05, 0) is 91.0 Å². The molecule has 3 aromatic carbocycles. The fourth-order valence-corrected chi connectivity index (χ4v) is 7.14. The van der Waals surface area contributed by atoms with Gasteiger partial charge in [-0.3, -0.25) is 9.59 Å². The lowest BCUT2D eigenvalue weighted by Gasteiger charge is -2.48. The number of anilines is 2. The minimum Gasteiger partial charge on any atom is -0.480 e. The molecule has 0 unspecified atom stereocenters. The number of nitrogens with zero attached hydrogens (tertiary/aromatic N) is 2. The number of aliphatic hydroxyl groups is 1. The molecule has 2 fully saturated rings. The molecule has 4 aromatic rings. The van der Waals surface area contributed by atoms with Gasteiger partial charge in [0, 0.05) is 12.2 Å². The Bertz CT molecular complexity index is 1860. The number of carbonyl (C=O) groups excluding carboxylic acids is 2. The molecule has 2 saturated heterocycles. The highest BCUT2D eigenvalue weighted by atomic mass is 19.1. The molecule has 6 rings (SSSR count). The van der Waals surface area contributed by atoms with Crippen LogP contribution in [-0.4, -0.2) is 71.0 Å². The largest absolute Gasteiger partial charge is 0.480 e. The highest BCUT2D eigenvalue weighted by Gasteiger charge is 2.48. The second-order valence-corrected chi connectivity index (χ2v) is 14.8. The second-order valence-electron chi connectivity index (χ2n) is 14.8. The van der Waals surface area contributed by atoms with Crippen LogP contribution in [-0.2, 0) is 36.7 Å². The van der Waals surface area contributed by atoms with Crippen LogP contribution in [0.1, 0.15) is 73.9 Å². The topological polar surface area (TPSA) is 163 Å². The van der Waals surface area contributed by atoms with Crippen molar-refractivity contribution in [3.8, 4) is 0 Å². The van der Waals surface area contributed by atoms with Crippen LogP contribution in [0.15, 0.2) is 89.7 Å². The van der Waals surface area contributed by atoms with Gasteiger partial charge in [0.25, 0.3) is 6.01 Å². The van der Waals surface area contributed by atoms with E-state index in [1.807, 2.05) is 53.4 Å². The predicted molar refractivity (Wildman–Crippen MR) is 203 cm³/mol. The third-order valence-corrected chi connectivity index (χ3v) is 10.5. The van der Waals surface area contributed by atoms with E-state index in [-0.39, 0.29) is 36.2 Å². The number of nitrogens with one attached hydrogen (secondary N) is 2. The first-order chi connectivity index (χ1) is 26.5. The summed E-state index contributed by atoms with van der Waals surface area (Å²) >= 11 is 0. The van der Waals surface area contributed by atoms with E-state index in [4.69, 9.17) is 13.9 Å². The molecule has 292 valence electrons. The van der Waals surface area contributed by atoms with Crippen molar-refractivity contribution in [1.82, 2.24) is 10.3 Å². The molecule has 13 heteroatoms. The van der Waals surface area contributed by atoms with E-state index in [9.17, 15) is 29.0 Å². The molecule has 0 bridgehead atoms. The van der Waals surface area contributed by atoms with Gasteiger partial charge in [0.1, 0.15) is 30.3 Å². The average molecular weight is 757 g/mol. The molecule has 4 N–H and O–H groups in total. The molecular formula is C42H49FN4O8. The van der Waals surface area contributed by atoms with Gasteiger partial charge in [-0.2, -0.15) is 0 Å². The first kappa shape index (κ1) is 39.6. The number of ether oxygens (including phenoxy) is 2. The van der Waals surface area contributed by atoms with Crippen molar-refractivity contribution in [2.75, 3.05) is 36.6 Å². The van der Waals surface area contributed by atoms with E-state index in [1.54, 1.807) is 32.2 Å². The average Bonchev–Trinajstić information content (AvgIpc) is 3.68. The van der Waals surface area contributed by atoms with Gasteiger partial charge in [-0.1, -0.05) is 62.4 Å². The van der Waals surface area contributed by atoms with Gasteiger partial charge < -0.3 is 39.6 Å². The third-order valence-electron chi connectivity index (χ3n) is 10.5. The lowest BCUT2D eigenvalue weighted by molar-refractivity contribution is -0.212. The van der Waals surface area contributed by atoms with Crippen LogP contribution in [0.3, 0.4) is 0 Å². The zero-order chi connectivity index (χ0) is 39.0. The molecule has 3 heterocycles. The summed E-state index contributed by atoms with van der Waals surface area (Å²) in [5, 5.41) is 26.0. The van der Waals surface area contributed by atoms with E-state index in [2.05, 4.69) is 15.6 Å². The second kappa shape index (κ2) is 18.0. The van der Waals surface area contributed by atoms with Crippen LogP contribution < -0.4 is 15.5 Å². The SMILES string of the molecule is CC(C)[C@@H](NC(=O)COC1(CCc2ccc([C@@H]3[C@@H](CC[C@H](O)c4ccc(F)cc4)C(=O)N3c3ccc(CCCNc4ncco4)cc3)cc2)COC1)C(=O)O. The fraction of sp³-hybridized carbons (Fsp3) is 0.429. The Labute approximate surface area is 320 Å². The molecule has 12 nitrogen and oxygen atoms in total. The molecule has 2 aliphatic heterocycles. The molecule has 0 saturated carbocycles. The number of aliphatic hydroxyl groups excluding tert-OH is 1. The molecule has 0 spiro atoms. The van der Waals surface area contributed by atoms with Gasteiger partial charge in [-0.25, -0.2) is 14.2 Å². The molecule has 1 aromatic heterocycles. The summed E-state index contributed by atoms with van der Waals surface area (Å²) in [4.78, 5) is 43.7. The third kappa shape index (κ3) is 9.96. The quantitative estimate of drug-likeness (QED) is 0.0620. The maximum absolute atomic E-state index is 13.8. The van der Waals surface area contributed by atoms with Crippen molar-refractivity contribution in [3.63, 3.8) is 0 Å². The Balaban J connectivity index is 1.09. The summed E-state index contributed by atoms with van der Waals surface area (Å²) in [5.41, 5.74) is 3.93. The Hall–Kier alpha value is -5.11. The Morgan fingerprint density at radius 3 is 2.33 bits per heavy atom. The van der Waals surface area contributed by atoms with Gasteiger partial charge in [0.15, 0.2) is 0 Å². The number of carboxylic acids is 1. The van der Waals surface area contributed by atoms with Crippen molar-refractivity contribution in [2.24, 2.45) is 11.8 Å². The fourth-order valence-electron chi connectivity index (χ4n) is 7.14. The lowest BCUT2D eigenvalue weighted by atomic mass is 9.78. The van der Waals surface area contributed by atoms with Crippen LogP contribution in [0.2, 0.25) is 0 Å². The first-order valence-corrected chi connectivity index (χ1v) is 18.8. The molecule has 0 radical (unpaired) electrons. The van der Waals surface area contributed by atoms with Crippen LogP contribution in [0.4, 0.5) is 16.1 Å². The Morgan fingerprint density at radius 1 is 1.02 bits per heavy atom. The summed E-state index contributed by atoms with van der Waals surface area (Å²) in [6.45, 7) is 4.59. The highest BCUT2D eigenvalue weighted by Crippen LogP contribution is 2.46. The monoisotopic (exact) mass is 756 g/mol. The summed E-state index contributed by atoms with van der Waals surface area (Å²) in [5.74, 6) is -2.58. The highest BCUT2D eigenvalue weighted by molar-refractivity contribution is 6.03. The summed E-state index contributed by atoms with van der Waals surface area (Å²) in [6, 6.07) is 21.2. The number of hydrogen-bond donors (Lipinski definition) is 4. The Morgan fingerprint density at radius 2 is 1.71 bits per heavy atom. The molecule has 2 aliphatic rings. The van der Waals surface area contributed by atoms with Crippen LogP contribution in [0, 0.1) is 17.7 Å². The van der Waals surface area contributed by atoms with Crippen molar-refractivity contribution in [3.05, 3.63) is 113 Å². The number of carboxylic acid groups (broad SMARTS) is 1. The number of amides is 2. The van der Waals surface area contributed by atoms with Crippen LogP contribution in [0.5, 0.6) is 0 Å². The smallest absolute Gasteiger partial charge is 0.326 e. The van der Waals surface area contributed by atoms with E-state index in [0.717, 1.165) is 35.2 Å². The minimum absolute atomic E-state index is 0.0144. The van der Waals surface area contributed by atoms with E-state index in [0.29, 0.717) is 57.0 Å². The summed E-state index contributed by atoms with van der Waals surface area (Å²) < 4.78 is 30.2. The number of oxazole rings is 1. The predicted octanol–water partition coefficient (Wildman–Crippen LogP) is 6.02. The van der Waals surface area contributed by atoms with Crippen molar-refractivity contribution in [2.45, 2.75) is 76.2 Å². The molecule has 55 heavy (non-hydrogen) atoms. The number of halogens is 1. The molecule has 2 amide bonds.